The molecule has 0 aromatic heterocycles. The fourth-order valence-electron chi connectivity index (χ4n) is 1.20. The monoisotopic (exact) mass is 347 g/mol. The van der Waals surface area contributed by atoms with Crippen LogP contribution >= 0.6 is 31.9 Å². The molecule has 1 aromatic carbocycles. The van der Waals surface area contributed by atoms with Crippen LogP contribution in [0.4, 0.5) is 0 Å². The molecule has 1 rings (SSSR count). The van der Waals surface area contributed by atoms with E-state index in [4.69, 9.17) is 4.74 Å². The second-order valence-electron chi connectivity index (χ2n) is 3.34. The zero-order chi connectivity index (χ0) is 12.0. The molecular weight excluding hydrogens is 334 g/mol. The zero-order valence-electron chi connectivity index (χ0n) is 9.22. The summed E-state index contributed by atoms with van der Waals surface area (Å²) in [7, 11) is 0. The molecule has 0 saturated heterocycles. The van der Waals surface area contributed by atoms with E-state index in [2.05, 4.69) is 50.7 Å². The van der Waals surface area contributed by atoms with Crippen LogP contribution in [0.15, 0.2) is 33.7 Å². The molecule has 0 saturated carbocycles. The van der Waals surface area contributed by atoms with Crippen molar-refractivity contribution in [3.8, 4) is 5.75 Å². The highest BCUT2D eigenvalue weighted by Gasteiger charge is 2.02. The number of hydrogen-bond acceptors (Lipinski definition) is 2. The normalized spacial score (nSPS) is 10.2. The number of benzene rings is 1. The standard InChI is InChI=1S/C12H15Br2NO/c1-3-15-7-10-6-11(4-5-12(10)14)16-8-9(2)13/h4-6,15H,2-3,7-8H2,1H3. The van der Waals surface area contributed by atoms with Crippen LogP contribution in [0, 0.1) is 0 Å². The Bertz CT molecular complexity index is 366. The molecule has 0 unspecified atom stereocenters. The molecule has 0 radical (unpaired) electrons. The summed E-state index contributed by atoms with van der Waals surface area (Å²) in [5.41, 5.74) is 1.19. The van der Waals surface area contributed by atoms with E-state index >= 15 is 0 Å². The number of nitrogens with one attached hydrogen (secondary N) is 1. The maximum Gasteiger partial charge on any atom is 0.120 e. The summed E-state index contributed by atoms with van der Waals surface area (Å²) in [4.78, 5) is 0. The SMILES string of the molecule is C=C(Br)COc1ccc(Br)c(CNCC)c1. The molecule has 0 amide bonds. The van der Waals surface area contributed by atoms with Gasteiger partial charge in [-0.05, 0) is 30.3 Å². The third-order valence-corrected chi connectivity index (χ3v) is 2.98. The molecule has 88 valence electrons. The lowest BCUT2D eigenvalue weighted by atomic mass is 10.2. The van der Waals surface area contributed by atoms with Gasteiger partial charge in [0.2, 0.25) is 0 Å². The van der Waals surface area contributed by atoms with Crippen molar-refractivity contribution in [2.24, 2.45) is 0 Å². The highest BCUT2D eigenvalue weighted by molar-refractivity contribution is 9.11. The van der Waals surface area contributed by atoms with Crippen molar-refractivity contribution >= 4 is 31.9 Å². The summed E-state index contributed by atoms with van der Waals surface area (Å²) in [6.07, 6.45) is 0. The number of halogens is 2. The van der Waals surface area contributed by atoms with Gasteiger partial charge in [-0.3, -0.25) is 0 Å². The van der Waals surface area contributed by atoms with Crippen LogP contribution in [0.25, 0.3) is 0 Å². The van der Waals surface area contributed by atoms with Gasteiger partial charge in [0.05, 0.1) is 0 Å². The van der Waals surface area contributed by atoms with Crippen molar-refractivity contribution in [1.29, 1.82) is 0 Å². The fraction of sp³-hybridized carbons (Fsp3) is 0.333. The van der Waals surface area contributed by atoms with Gasteiger partial charge in [0, 0.05) is 15.5 Å². The molecule has 0 aliphatic carbocycles. The first-order valence-electron chi connectivity index (χ1n) is 5.08. The van der Waals surface area contributed by atoms with Gasteiger partial charge in [0.15, 0.2) is 0 Å². The largest absolute Gasteiger partial charge is 0.488 e. The van der Waals surface area contributed by atoms with Crippen LogP contribution < -0.4 is 10.1 Å². The highest BCUT2D eigenvalue weighted by atomic mass is 79.9. The molecule has 0 aliphatic rings. The topological polar surface area (TPSA) is 21.3 Å². The average Bonchev–Trinajstić information content (AvgIpc) is 2.26. The summed E-state index contributed by atoms with van der Waals surface area (Å²) in [6, 6.07) is 5.97. The lowest BCUT2D eigenvalue weighted by Crippen LogP contribution is -2.12. The van der Waals surface area contributed by atoms with Gasteiger partial charge in [0.1, 0.15) is 12.4 Å². The van der Waals surface area contributed by atoms with Crippen molar-refractivity contribution < 1.29 is 4.74 Å². The van der Waals surface area contributed by atoms with E-state index in [1.807, 2.05) is 18.2 Å². The molecule has 0 heterocycles. The Kier molecular flexibility index (Phi) is 6.09. The predicted octanol–water partition coefficient (Wildman–Crippen LogP) is 3.85. The van der Waals surface area contributed by atoms with E-state index in [1.165, 1.54) is 5.56 Å². The Labute approximate surface area is 113 Å². The molecule has 1 aromatic rings. The molecule has 0 spiro atoms. The van der Waals surface area contributed by atoms with Crippen LogP contribution in [-0.4, -0.2) is 13.2 Å². The van der Waals surface area contributed by atoms with Crippen LogP contribution in [0.2, 0.25) is 0 Å². The van der Waals surface area contributed by atoms with Crippen molar-refractivity contribution in [2.75, 3.05) is 13.2 Å². The van der Waals surface area contributed by atoms with Crippen LogP contribution in [0.1, 0.15) is 12.5 Å². The number of ether oxygens (including phenoxy) is 1. The summed E-state index contributed by atoms with van der Waals surface area (Å²) in [5.74, 6) is 0.858. The average molecular weight is 349 g/mol. The summed E-state index contributed by atoms with van der Waals surface area (Å²) < 4.78 is 7.48. The Morgan fingerprint density at radius 3 is 2.88 bits per heavy atom. The molecule has 4 heteroatoms. The van der Waals surface area contributed by atoms with Gasteiger partial charge >= 0.3 is 0 Å². The molecule has 0 atom stereocenters. The first-order chi connectivity index (χ1) is 7.63. The van der Waals surface area contributed by atoms with E-state index in [1.54, 1.807) is 0 Å². The van der Waals surface area contributed by atoms with Crippen molar-refractivity contribution in [2.45, 2.75) is 13.5 Å². The Morgan fingerprint density at radius 2 is 2.25 bits per heavy atom. The van der Waals surface area contributed by atoms with E-state index < -0.39 is 0 Å². The summed E-state index contributed by atoms with van der Waals surface area (Å²) >= 11 is 6.78. The first-order valence-corrected chi connectivity index (χ1v) is 6.67. The second-order valence-corrected chi connectivity index (χ2v) is 5.32. The van der Waals surface area contributed by atoms with Crippen molar-refractivity contribution in [3.63, 3.8) is 0 Å². The van der Waals surface area contributed by atoms with E-state index in [9.17, 15) is 0 Å². The third-order valence-electron chi connectivity index (χ3n) is 1.98. The fourth-order valence-corrected chi connectivity index (χ4v) is 1.70. The lowest BCUT2D eigenvalue weighted by Gasteiger charge is -2.09. The van der Waals surface area contributed by atoms with Crippen LogP contribution in [-0.2, 0) is 6.54 Å². The zero-order valence-corrected chi connectivity index (χ0v) is 12.4. The molecule has 16 heavy (non-hydrogen) atoms. The Balaban J connectivity index is 2.68. The van der Waals surface area contributed by atoms with E-state index in [-0.39, 0.29) is 0 Å². The molecule has 0 bridgehead atoms. The van der Waals surface area contributed by atoms with Crippen molar-refractivity contribution in [3.05, 3.63) is 39.3 Å². The number of rotatable bonds is 6. The maximum atomic E-state index is 5.55. The van der Waals surface area contributed by atoms with Gasteiger partial charge < -0.3 is 10.1 Å². The van der Waals surface area contributed by atoms with E-state index in [0.717, 1.165) is 27.8 Å². The van der Waals surface area contributed by atoms with Crippen LogP contribution in [0.3, 0.4) is 0 Å². The molecule has 0 aliphatic heterocycles. The third kappa shape index (κ3) is 4.68. The quantitative estimate of drug-likeness (QED) is 0.843. The summed E-state index contributed by atoms with van der Waals surface area (Å²) in [5, 5.41) is 3.29. The van der Waals surface area contributed by atoms with Gasteiger partial charge in [-0.2, -0.15) is 0 Å². The first kappa shape index (κ1) is 13.7. The van der Waals surface area contributed by atoms with Gasteiger partial charge in [-0.15, -0.1) is 0 Å². The number of hydrogen-bond donors (Lipinski definition) is 1. The van der Waals surface area contributed by atoms with E-state index in [0.29, 0.717) is 6.61 Å². The Hall–Kier alpha value is -0.320. The smallest absolute Gasteiger partial charge is 0.120 e. The lowest BCUT2D eigenvalue weighted by molar-refractivity contribution is 0.360. The molecule has 2 nitrogen and oxygen atoms in total. The maximum absolute atomic E-state index is 5.55. The highest BCUT2D eigenvalue weighted by Crippen LogP contribution is 2.23. The molecular formula is C12H15Br2NO. The van der Waals surface area contributed by atoms with Gasteiger partial charge in [-0.25, -0.2) is 0 Å². The Morgan fingerprint density at radius 1 is 1.50 bits per heavy atom. The summed E-state index contributed by atoms with van der Waals surface area (Å²) in [6.45, 7) is 8.10. The minimum Gasteiger partial charge on any atom is -0.488 e. The molecule has 1 N–H and O–H groups in total. The van der Waals surface area contributed by atoms with Gasteiger partial charge in [-0.1, -0.05) is 45.4 Å². The minimum absolute atomic E-state index is 0.488. The van der Waals surface area contributed by atoms with Gasteiger partial charge in [0.25, 0.3) is 0 Å². The van der Waals surface area contributed by atoms with Crippen LogP contribution in [0.5, 0.6) is 5.75 Å². The minimum atomic E-state index is 0.488. The predicted molar refractivity (Wildman–Crippen MR) is 75.1 cm³/mol. The second kappa shape index (κ2) is 7.09. The molecule has 0 fully saturated rings. The van der Waals surface area contributed by atoms with Crippen molar-refractivity contribution in [1.82, 2.24) is 5.32 Å².